The molecule has 2 nitrogen and oxygen atoms in total. The molecule has 1 aliphatic heterocycles. The fourth-order valence-electron chi connectivity index (χ4n) is 3.79. The van der Waals surface area contributed by atoms with Crippen molar-refractivity contribution in [2.45, 2.75) is 51.1 Å². The van der Waals surface area contributed by atoms with E-state index < -0.39 is 0 Å². The van der Waals surface area contributed by atoms with E-state index in [1.165, 1.54) is 18.9 Å². The van der Waals surface area contributed by atoms with Crippen LogP contribution in [0, 0.1) is 11.7 Å². The first-order valence-corrected chi connectivity index (χ1v) is 8.23. The number of hydrogen-bond donors (Lipinski definition) is 0. The van der Waals surface area contributed by atoms with Gasteiger partial charge in [-0.25, -0.2) is 4.39 Å². The molecule has 0 radical (unpaired) electrons. The minimum atomic E-state index is -0.374. The zero-order chi connectivity index (χ0) is 14.8. The third-order valence-corrected chi connectivity index (χ3v) is 5.14. The minimum absolute atomic E-state index is 0.179. The van der Waals surface area contributed by atoms with E-state index in [9.17, 15) is 9.18 Å². The van der Waals surface area contributed by atoms with E-state index in [1.54, 1.807) is 12.1 Å². The molecule has 0 amide bonds. The Labute approximate surface area is 130 Å². The number of likely N-dealkylation sites (tertiary alicyclic amines) is 1. The molecule has 0 spiro atoms. The number of halogens is 2. The summed E-state index contributed by atoms with van der Waals surface area (Å²) in [6, 6.07) is 5.29. The van der Waals surface area contributed by atoms with Gasteiger partial charge in [-0.15, -0.1) is 0 Å². The quantitative estimate of drug-likeness (QED) is 0.834. The molecule has 0 bridgehead atoms. The van der Waals surface area contributed by atoms with Gasteiger partial charge in [0, 0.05) is 24.9 Å². The number of carbonyl (C=O) groups is 1. The summed E-state index contributed by atoms with van der Waals surface area (Å²) in [5, 5.41) is 0.179. The van der Waals surface area contributed by atoms with Crippen molar-refractivity contribution in [3.63, 3.8) is 0 Å². The van der Waals surface area contributed by atoms with Crippen LogP contribution in [0.4, 0.5) is 4.39 Å². The van der Waals surface area contributed by atoms with Gasteiger partial charge in [0.2, 0.25) is 0 Å². The van der Waals surface area contributed by atoms with Gasteiger partial charge in [0.1, 0.15) is 11.6 Å². The van der Waals surface area contributed by atoms with Crippen LogP contribution in [0.2, 0.25) is 5.02 Å². The molecule has 4 heteroatoms. The molecule has 1 heterocycles. The van der Waals surface area contributed by atoms with Crippen LogP contribution in [-0.2, 0) is 11.3 Å². The molecule has 2 atom stereocenters. The van der Waals surface area contributed by atoms with Crippen LogP contribution < -0.4 is 0 Å². The number of piperidine rings is 1. The zero-order valence-corrected chi connectivity index (χ0v) is 12.9. The highest BCUT2D eigenvalue weighted by molar-refractivity contribution is 6.30. The Morgan fingerprint density at radius 1 is 1.24 bits per heavy atom. The molecule has 2 fully saturated rings. The van der Waals surface area contributed by atoms with Crippen molar-refractivity contribution < 1.29 is 9.18 Å². The maximum Gasteiger partial charge on any atom is 0.141 e. The lowest BCUT2D eigenvalue weighted by molar-refractivity contribution is -0.123. The van der Waals surface area contributed by atoms with E-state index in [0.29, 0.717) is 11.8 Å². The summed E-state index contributed by atoms with van der Waals surface area (Å²) in [5.74, 6) is 0.270. The van der Waals surface area contributed by atoms with Crippen molar-refractivity contribution in [3.8, 4) is 0 Å². The molecule has 0 N–H and O–H groups in total. The highest BCUT2D eigenvalue weighted by atomic mass is 35.5. The Morgan fingerprint density at radius 3 is 2.81 bits per heavy atom. The molecule has 1 saturated carbocycles. The summed E-state index contributed by atoms with van der Waals surface area (Å²) in [6.07, 6.45) is 6.30. The van der Waals surface area contributed by atoms with Crippen LogP contribution in [0.5, 0.6) is 0 Å². The molecular weight excluding hydrogens is 289 g/mol. The van der Waals surface area contributed by atoms with Gasteiger partial charge in [-0.3, -0.25) is 9.69 Å². The van der Waals surface area contributed by atoms with Crippen LogP contribution in [0.15, 0.2) is 18.2 Å². The Kier molecular flexibility index (Phi) is 4.60. The first kappa shape index (κ1) is 15.0. The fraction of sp³-hybridized carbons (Fsp3) is 0.588. The maximum absolute atomic E-state index is 13.3. The first-order chi connectivity index (χ1) is 10.1. The van der Waals surface area contributed by atoms with Gasteiger partial charge in [-0.1, -0.05) is 24.1 Å². The van der Waals surface area contributed by atoms with Gasteiger partial charge >= 0.3 is 0 Å². The molecular formula is C17H21ClFNO. The summed E-state index contributed by atoms with van der Waals surface area (Å²) >= 11 is 5.87. The molecule has 1 saturated heterocycles. The van der Waals surface area contributed by atoms with Crippen molar-refractivity contribution in [1.29, 1.82) is 0 Å². The molecule has 1 aliphatic carbocycles. The van der Waals surface area contributed by atoms with Gasteiger partial charge in [-0.2, -0.15) is 0 Å². The number of hydrogen-bond acceptors (Lipinski definition) is 2. The second-order valence-electron chi connectivity index (χ2n) is 6.25. The number of carbonyl (C=O) groups excluding carboxylic acids is 1. The predicted molar refractivity (Wildman–Crippen MR) is 81.8 cm³/mol. The Bertz CT molecular complexity index is 534. The summed E-state index contributed by atoms with van der Waals surface area (Å²) in [5.41, 5.74) is 1.03. The van der Waals surface area contributed by atoms with Crippen LogP contribution in [0.1, 0.15) is 44.1 Å². The molecule has 1 aromatic rings. The summed E-state index contributed by atoms with van der Waals surface area (Å²) in [7, 11) is 0. The number of benzene rings is 1. The van der Waals surface area contributed by atoms with E-state index in [-0.39, 0.29) is 16.8 Å². The average Bonchev–Trinajstić information content (AvgIpc) is 2.90. The van der Waals surface area contributed by atoms with Crippen molar-refractivity contribution >= 4 is 17.4 Å². The van der Waals surface area contributed by atoms with Crippen molar-refractivity contribution in [1.82, 2.24) is 4.90 Å². The first-order valence-electron chi connectivity index (χ1n) is 7.86. The molecule has 21 heavy (non-hydrogen) atoms. The monoisotopic (exact) mass is 309 g/mol. The smallest absolute Gasteiger partial charge is 0.141 e. The van der Waals surface area contributed by atoms with Crippen LogP contribution in [0.25, 0.3) is 0 Å². The van der Waals surface area contributed by atoms with Gasteiger partial charge in [0.05, 0.1) is 5.02 Å². The second-order valence-corrected chi connectivity index (χ2v) is 6.65. The number of ketones is 1. The molecule has 2 aliphatic rings. The van der Waals surface area contributed by atoms with Gasteiger partial charge < -0.3 is 0 Å². The van der Waals surface area contributed by atoms with Crippen LogP contribution in [-0.4, -0.2) is 23.3 Å². The third kappa shape index (κ3) is 3.29. The SMILES string of the molecule is O=C1CCCC1C1CCCCN1Cc1ccc(F)c(Cl)c1. The largest absolute Gasteiger partial charge is 0.299 e. The Hall–Kier alpha value is -0.930. The lowest BCUT2D eigenvalue weighted by Crippen LogP contribution is -2.44. The minimum Gasteiger partial charge on any atom is -0.299 e. The van der Waals surface area contributed by atoms with Crippen LogP contribution >= 0.6 is 11.6 Å². The molecule has 0 aromatic heterocycles. The fourth-order valence-corrected chi connectivity index (χ4v) is 3.99. The zero-order valence-electron chi connectivity index (χ0n) is 12.2. The van der Waals surface area contributed by atoms with E-state index >= 15 is 0 Å². The van der Waals surface area contributed by atoms with E-state index in [2.05, 4.69) is 4.90 Å². The topological polar surface area (TPSA) is 20.3 Å². The van der Waals surface area contributed by atoms with Gasteiger partial charge in [0.15, 0.2) is 0 Å². The predicted octanol–water partition coefficient (Wildman–Crippen LogP) is 4.20. The molecule has 1 aromatic carbocycles. The van der Waals surface area contributed by atoms with Gasteiger partial charge in [-0.05, 0) is 49.9 Å². The maximum atomic E-state index is 13.3. The molecule has 3 rings (SSSR count). The summed E-state index contributed by atoms with van der Waals surface area (Å²) in [4.78, 5) is 14.5. The number of nitrogens with zero attached hydrogens (tertiary/aromatic N) is 1. The highest BCUT2D eigenvalue weighted by Crippen LogP contribution is 2.33. The number of rotatable bonds is 3. The normalized spacial score (nSPS) is 27.2. The van der Waals surface area contributed by atoms with E-state index in [1.807, 2.05) is 0 Å². The lowest BCUT2D eigenvalue weighted by atomic mass is 9.88. The lowest BCUT2D eigenvalue weighted by Gasteiger charge is -2.38. The van der Waals surface area contributed by atoms with Crippen LogP contribution in [0.3, 0.4) is 0 Å². The van der Waals surface area contributed by atoms with E-state index in [0.717, 1.165) is 44.3 Å². The summed E-state index contributed by atoms with van der Waals surface area (Å²) < 4.78 is 13.3. The number of Topliss-reactive ketones (excluding diaryl/α,β-unsaturated/α-hetero) is 1. The van der Waals surface area contributed by atoms with E-state index in [4.69, 9.17) is 11.6 Å². The van der Waals surface area contributed by atoms with Crippen molar-refractivity contribution in [3.05, 3.63) is 34.6 Å². The molecule has 114 valence electrons. The Balaban J connectivity index is 1.74. The second kappa shape index (κ2) is 6.45. The third-order valence-electron chi connectivity index (χ3n) is 4.85. The average molecular weight is 310 g/mol. The van der Waals surface area contributed by atoms with Crippen molar-refractivity contribution in [2.75, 3.05) is 6.54 Å². The van der Waals surface area contributed by atoms with Gasteiger partial charge in [0.25, 0.3) is 0 Å². The summed E-state index contributed by atoms with van der Waals surface area (Å²) in [6.45, 7) is 1.78. The molecule has 2 unspecified atom stereocenters. The van der Waals surface area contributed by atoms with Crippen molar-refractivity contribution in [2.24, 2.45) is 5.92 Å². The highest BCUT2D eigenvalue weighted by Gasteiger charge is 2.36. The Morgan fingerprint density at radius 2 is 2.10 bits per heavy atom. The standard InChI is InChI=1S/C17H21ClFNO/c18-14-10-12(7-8-15(14)19)11-20-9-2-1-5-16(20)13-4-3-6-17(13)21/h7-8,10,13,16H,1-6,9,11H2.